The predicted octanol–water partition coefficient (Wildman–Crippen LogP) is 2.58. The number of ketones is 1. The van der Waals surface area contributed by atoms with Gasteiger partial charge in [0.1, 0.15) is 5.75 Å². The Morgan fingerprint density at radius 1 is 1.12 bits per heavy atom. The Balaban J connectivity index is 1.49. The number of fused-ring (bicyclic) bond motifs is 1. The summed E-state index contributed by atoms with van der Waals surface area (Å²) in [4.78, 5) is 22.3. The van der Waals surface area contributed by atoms with Crippen LogP contribution in [0.2, 0.25) is 0 Å². The van der Waals surface area contributed by atoms with E-state index in [1.54, 1.807) is 6.20 Å². The molecule has 2 aliphatic rings. The average molecular weight is 351 g/mol. The maximum Gasteiger partial charge on any atom is 0.174 e. The number of likely N-dealkylation sites (N-methyl/N-ethyl adjacent to an activating group) is 1. The quantitative estimate of drug-likeness (QED) is 0.847. The third-order valence-corrected chi connectivity index (χ3v) is 5.41. The van der Waals surface area contributed by atoms with Gasteiger partial charge in [0.05, 0.1) is 23.8 Å². The number of pyridine rings is 1. The van der Waals surface area contributed by atoms with Crippen LogP contribution in [-0.4, -0.2) is 66.4 Å². The maximum absolute atomic E-state index is 13.1. The number of aromatic nitrogens is 1. The topological polar surface area (TPSA) is 45.7 Å². The molecule has 0 amide bonds. The van der Waals surface area contributed by atoms with Crippen molar-refractivity contribution in [2.45, 2.75) is 6.92 Å². The Labute approximate surface area is 154 Å². The second kappa shape index (κ2) is 7.56. The number of rotatable bonds is 4. The van der Waals surface area contributed by atoms with Crippen molar-refractivity contribution in [1.29, 1.82) is 0 Å². The van der Waals surface area contributed by atoms with Crippen LogP contribution in [0.1, 0.15) is 17.3 Å². The second-order valence-electron chi connectivity index (χ2n) is 7.03. The van der Waals surface area contributed by atoms with Crippen molar-refractivity contribution in [3.63, 3.8) is 0 Å². The molecule has 2 aliphatic heterocycles. The Bertz CT molecular complexity index is 770. The summed E-state index contributed by atoms with van der Waals surface area (Å²) in [6, 6.07) is 11.6. The molecule has 1 aromatic carbocycles. The summed E-state index contributed by atoms with van der Waals surface area (Å²) in [5, 5.41) is 0. The lowest BCUT2D eigenvalue weighted by Gasteiger charge is -2.36. The fourth-order valence-electron chi connectivity index (χ4n) is 3.76. The van der Waals surface area contributed by atoms with E-state index in [2.05, 4.69) is 21.7 Å². The van der Waals surface area contributed by atoms with Gasteiger partial charge in [-0.05, 0) is 36.9 Å². The lowest BCUT2D eigenvalue weighted by Crippen LogP contribution is -2.49. The molecule has 0 aliphatic carbocycles. The van der Waals surface area contributed by atoms with Crippen LogP contribution in [-0.2, 0) is 0 Å². The molecule has 26 heavy (non-hydrogen) atoms. The molecular weight excluding hydrogens is 326 g/mol. The van der Waals surface area contributed by atoms with Gasteiger partial charge >= 0.3 is 0 Å². The van der Waals surface area contributed by atoms with Gasteiger partial charge in [-0.2, -0.15) is 0 Å². The van der Waals surface area contributed by atoms with Gasteiger partial charge in [-0.1, -0.05) is 13.0 Å². The standard InChI is InChI=1S/C21H25N3O2/c1-2-23-9-11-24(12-10-23)14-17-15-26-20-7-6-16(13-18(20)21(17)25)19-5-3-4-8-22-19/h3-8,13,17H,2,9-12,14-15H2,1H3. The first-order chi connectivity index (χ1) is 12.7. The molecule has 1 unspecified atom stereocenters. The highest BCUT2D eigenvalue weighted by Gasteiger charge is 2.31. The van der Waals surface area contributed by atoms with E-state index >= 15 is 0 Å². The van der Waals surface area contributed by atoms with Crippen molar-refractivity contribution in [2.75, 3.05) is 45.9 Å². The van der Waals surface area contributed by atoms with E-state index in [9.17, 15) is 4.79 Å². The minimum atomic E-state index is -0.0883. The largest absolute Gasteiger partial charge is 0.492 e. The highest BCUT2D eigenvalue weighted by molar-refractivity contribution is 6.02. The van der Waals surface area contributed by atoms with Crippen molar-refractivity contribution >= 4 is 5.78 Å². The monoisotopic (exact) mass is 351 g/mol. The number of hydrogen-bond acceptors (Lipinski definition) is 5. The van der Waals surface area contributed by atoms with Crippen LogP contribution in [0.25, 0.3) is 11.3 Å². The Hall–Kier alpha value is -2.24. The number of Topliss-reactive ketones (excluding diaryl/α,β-unsaturated/α-hetero) is 1. The minimum Gasteiger partial charge on any atom is -0.492 e. The molecule has 1 atom stereocenters. The van der Waals surface area contributed by atoms with Crippen LogP contribution in [0.15, 0.2) is 42.6 Å². The van der Waals surface area contributed by atoms with Crippen LogP contribution >= 0.6 is 0 Å². The molecule has 1 fully saturated rings. The normalized spacial score (nSPS) is 21.3. The van der Waals surface area contributed by atoms with Crippen LogP contribution in [0.5, 0.6) is 5.75 Å². The van der Waals surface area contributed by atoms with E-state index in [1.807, 2.05) is 36.4 Å². The molecule has 4 rings (SSSR count). The lowest BCUT2D eigenvalue weighted by molar-refractivity contribution is 0.0695. The summed E-state index contributed by atoms with van der Waals surface area (Å²) in [5.41, 5.74) is 2.52. The molecule has 0 saturated carbocycles. The Morgan fingerprint density at radius 2 is 1.92 bits per heavy atom. The first-order valence-electron chi connectivity index (χ1n) is 9.42. The molecule has 5 heteroatoms. The fourth-order valence-corrected chi connectivity index (χ4v) is 3.76. The van der Waals surface area contributed by atoms with Crippen molar-refractivity contribution in [2.24, 2.45) is 5.92 Å². The van der Waals surface area contributed by atoms with Crippen molar-refractivity contribution < 1.29 is 9.53 Å². The fraction of sp³-hybridized carbons (Fsp3) is 0.429. The van der Waals surface area contributed by atoms with Gasteiger partial charge in [0, 0.05) is 44.5 Å². The Kier molecular flexibility index (Phi) is 5.00. The lowest BCUT2D eigenvalue weighted by atomic mass is 9.92. The van der Waals surface area contributed by atoms with E-state index < -0.39 is 0 Å². The zero-order chi connectivity index (χ0) is 17.9. The number of hydrogen-bond donors (Lipinski definition) is 0. The van der Waals surface area contributed by atoms with E-state index in [0.29, 0.717) is 17.9 Å². The van der Waals surface area contributed by atoms with E-state index in [-0.39, 0.29) is 11.7 Å². The average Bonchev–Trinajstić information content (AvgIpc) is 2.71. The highest BCUT2D eigenvalue weighted by Crippen LogP contribution is 2.31. The molecule has 1 aromatic heterocycles. The number of benzene rings is 1. The molecule has 0 bridgehead atoms. The highest BCUT2D eigenvalue weighted by atomic mass is 16.5. The molecule has 0 N–H and O–H groups in total. The molecule has 3 heterocycles. The second-order valence-corrected chi connectivity index (χ2v) is 7.03. The third kappa shape index (κ3) is 3.50. The van der Waals surface area contributed by atoms with Crippen LogP contribution in [0, 0.1) is 5.92 Å². The van der Waals surface area contributed by atoms with Gasteiger partial charge in [-0.25, -0.2) is 0 Å². The molecule has 1 saturated heterocycles. The number of ether oxygens (including phenoxy) is 1. The third-order valence-electron chi connectivity index (χ3n) is 5.41. The van der Waals surface area contributed by atoms with Gasteiger partial charge in [0.2, 0.25) is 0 Å². The van der Waals surface area contributed by atoms with Crippen LogP contribution in [0.4, 0.5) is 0 Å². The molecule has 0 spiro atoms. The number of carbonyl (C=O) groups is 1. The summed E-state index contributed by atoms with van der Waals surface area (Å²) in [6.07, 6.45) is 1.77. The van der Waals surface area contributed by atoms with Gasteiger partial charge in [-0.3, -0.25) is 14.7 Å². The molecule has 2 aromatic rings. The first-order valence-corrected chi connectivity index (χ1v) is 9.42. The first kappa shape index (κ1) is 17.2. The van der Waals surface area contributed by atoms with Crippen molar-refractivity contribution in [3.05, 3.63) is 48.2 Å². The van der Waals surface area contributed by atoms with Crippen LogP contribution < -0.4 is 4.74 Å². The number of nitrogens with zero attached hydrogens (tertiary/aromatic N) is 3. The van der Waals surface area contributed by atoms with E-state index in [4.69, 9.17) is 4.74 Å². The molecular formula is C21H25N3O2. The minimum absolute atomic E-state index is 0.0883. The molecule has 0 radical (unpaired) electrons. The van der Waals surface area contributed by atoms with Crippen LogP contribution in [0.3, 0.4) is 0 Å². The van der Waals surface area contributed by atoms with Gasteiger partial charge < -0.3 is 9.64 Å². The summed E-state index contributed by atoms with van der Waals surface area (Å²) in [6.45, 7) is 8.77. The smallest absolute Gasteiger partial charge is 0.174 e. The zero-order valence-electron chi connectivity index (χ0n) is 15.2. The SMILES string of the molecule is CCN1CCN(CC2COc3ccc(-c4ccccn4)cc3C2=O)CC1. The molecule has 5 nitrogen and oxygen atoms in total. The van der Waals surface area contributed by atoms with E-state index in [1.165, 1.54) is 0 Å². The van der Waals surface area contributed by atoms with Crippen molar-refractivity contribution in [3.8, 4) is 17.0 Å². The maximum atomic E-state index is 13.1. The summed E-state index contributed by atoms with van der Waals surface area (Å²) in [7, 11) is 0. The van der Waals surface area contributed by atoms with Gasteiger partial charge in [-0.15, -0.1) is 0 Å². The number of carbonyl (C=O) groups excluding carboxylic acids is 1. The summed E-state index contributed by atoms with van der Waals surface area (Å²) < 4.78 is 5.90. The zero-order valence-corrected chi connectivity index (χ0v) is 15.2. The summed E-state index contributed by atoms with van der Waals surface area (Å²) >= 11 is 0. The van der Waals surface area contributed by atoms with Crippen molar-refractivity contribution in [1.82, 2.24) is 14.8 Å². The Morgan fingerprint density at radius 3 is 2.65 bits per heavy atom. The van der Waals surface area contributed by atoms with Gasteiger partial charge in [0.25, 0.3) is 0 Å². The van der Waals surface area contributed by atoms with E-state index in [0.717, 1.165) is 50.5 Å². The predicted molar refractivity (Wildman–Crippen MR) is 102 cm³/mol. The summed E-state index contributed by atoms with van der Waals surface area (Å²) in [5.74, 6) is 0.804. The number of piperazine rings is 1. The van der Waals surface area contributed by atoms with Gasteiger partial charge in [0.15, 0.2) is 5.78 Å². The molecule has 136 valence electrons.